The van der Waals surface area contributed by atoms with Gasteiger partial charge in [-0.25, -0.2) is 4.79 Å². The highest BCUT2D eigenvalue weighted by Gasteiger charge is 2.41. The van der Waals surface area contributed by atoms with E-state index in [-0.39, 0.29) is 39.0 Å². The molecule has 8 nitrogen and oxygen atoms in total. The van der Waals surface area contributed by atoms with Gasteiger partial charge in [-0.15, -0.1) is 0 Å². The molecule has 1 amide bonds. The normalized spacial score (nSPS) is 18.8. The van der Waals surface area contributed by atoms with Crippen LogP contribution in [0.4, 0.5) is 4.79 Å². The number of amides is 1. The van der Waals surface area contributed by atoms with Crippen molar-refractivity contribution in [3.05, 3.63) is 0 Å². The lowest BCUT2D eigenvalue weighted by molar-refractivity contribution is -0.152. The molecule has 0 aromatic rings. The number of rotatable bonds is 6. The summed E-state index contributed by atoms with van der Waals surface area (Å²) in [7, 11) is -3.52. The first-order valence-electron chi connectivity index (χ1n) is 6.22. The van der Waals surface area contributed by atoms with Gasteiger partial charge in [0.05, 0.1) is 18.3 Å². The first-order valence-corrected chi connectivity index (χ1v) is 8.04. The number of hydrogen-bond donors (Lipinski definition) is 2. The van der Waals surface area contributed by atoms with Crippen LogP contribution < -0.4 is 0 Å². The number of carboxylic acid groups (broad SMARTS) is 2. The van der Waals surface area contributed by atoms with E-state index in [1.54, 1.807) is 0 Å². The van der Waals surface area contributed by atoms with Crippen molar-refractivity contribution in [2.45, 2.75) is 25.7 Å². The molecule has 0 radical (unpaired) electrons. The number of likely N-dealkylation sites (tertiary alicyclic amines) is 1. The molecule has 0 atom stereocenters. The molecule has 9 heteroatoms. The van der Waals surface area contributed by atoms with E-state index in [0.29, 0.717) is 6.42 Å². The van der Waals surface area contributed by atoms with E-state index >= 15 is 0 Å². The summed E-state index contributed by atoms with van der Waals surface area (Å²) < 4.78 is 26.2. The van der Waals surface area contributed by atoms with Crippen molar-refractivity contribution < 1.29 is 32.4 Å². The van der Waals surface area contributed by atoms with Crippen LogP contribution in [-0.2, 0) is 19.1 Å². The average Bonchev–Trinajstić information content (AvgIpc) is 2.34. The second-order valence-electron chi connectivity index (χ2n) is 4.98. The molecule has 1 fully saturated rings. The van der Waals surface area contributed by atoms with Crippen molar-refractivity contribution in [2.75, 3.05) is 26.0 Å². The van der Waals surface area contributed by atoms with Crippen LogP contribution in [-0.4, -0.2) is 61.5 Å². The fraction of sp³-hybridized carbons (Fsp3) is 0.818. The molecule has 20 heavy (non-hydrogen) atoms. The summed E-state index contributed by atoms with van der Waals surface area (Å²) in [6.07, 6.45) is 0.911. The van der Waals surface area contributed by atoms with Crippen LogP contribution >= 0.6 is 0 Å². The summed E-state index contributed by atoms with van der Waals surface area (Å²) in [5.74, 6) is -0.970. The molecule has 1 rings (SSSR count). The van der Waals surface area contributed by atoms with Crippen molar-refractivity contribution in [1.29, 1.82) is 0 Å². The molecule has 0 aromatic heterocycles. The third-order valence-electron chi connectivity index (χ3n) is 3.54. The van der Waals surface area contributed by atoms with Crippen LogP contribution in [0.15, 0.2) is 0 Å². The third kappa shape index (κ3) is 4.64. The largest absolute Gasteiger partial charge is 0.481 e. The molecule has 0 bridgehead atoms. The van der Waals surface area contributed by atoms with Crippen molar-refractivity contribution in [2.24, 2.45) is 5.41 Å². The minimum atomic E-state index is -3.52. The van der Waals surface area contributed by atoms with Crippen LogP contribution in [0, 0.1) is 5.41 Å². The zero-order valence-corrected chi connectivity index (χ0v) is 12.1. The zero-order chi connectivity index (χ0) is 15.4. The zero-order valence-electron chi connectivity index (χ0n) is 11.2. The Balaban J connectivity index is 2.53. The summed E-state index contributed by atoms with van der Waals surface area (Å²) in [6, 6.07) is 0. The molecule has 116 valence electrons. The highest BCUT2D eigenvalue weighted by atomic mass is 32.2. The van der Waals surface area contributed by atoms with Crippen LogP contribution in [0.3, 0.4) is 0 Å². The minimum absolute atomic E-state index is 0.0590. The van der Waals surface area contributed by atoms with E-state index in [0.717, 1.165) is 6.26 Å². The summed E-state index contributed by atoms with van der Waals surface area (Å²) in [4.78, 5) is 23.4. The Morgan fingerprint density at radius 3 is 2.20 bits per heavy atom. The Bertz CT molecular complexity index is 465. The van der Waals surface area contributed by atoms with Gasteiger partial charge in [0.2, 0.25) is 0 Å². The van der Waals surface area contributed by atoms with Crippen molar-refractivity contribution in [1.82, 2.24) is 4.90 Å². The van der Waals surface area contributed by atoms with Gasteiger partial charge in [0.25, 0.3) is 10.1 Å². The minimum Gasteiger partial charge on any atom is -0.481 e. The second kappa shape index (κ2) is 6.40. The highest BCUT2D eigenvalue weighted by Crippen LogP contribution is 2.36. The number of aliphatic carboxylic acids is 1. The Kier molecular flexibility index (Phi) is 5.35. The van der Waals surface area contributed by atoms with Crippen molar-refractivity contribution >= 4 is 22.2 Å². The van der Waals surface area contributed by atoms with E-state index in [2.05, 4.69) is 4.18 Å². The molecule has 0 aliphatic carbocycles. The lowest BCUT2D eigenvalue weighted by Crippen LogP contribution is -2.46. The van der Waals surface area contributed by atoms with Gasteiger partial charge in [-0.3, -0.25) is 8.98 Å². The van der Waals surface area contributed by atoms with Gasteiger partial charge >= 0.3 is 12.1 Å². The fourth-order valence-electron chi connectivity index (χ4n) is 2.32. The molecule has 0 aromatic carbocycles. The summed E-state index contributed by atoms with van der Waals surface area (Å²) in [5.41, 5.74) is -0.993. The summed E-state index contributed by atoms with van der Waals surface area (Å²) in [5, 5.41) is 18.2. The van der Waals surface area contributed by atoms with Gasteiger partial charge in [0.15, 0.2) is 0 Å². The van der Waals surface area contributed by atoms with Gasteiger partial charge < -0.3 is 15.1 Å². The predicted octanol–water partition coefficient (Wildman–Crippen LogP) is 0.588. The van der Waals surface area contributed by atoms with Gasteiger partial charge in [-0.05, 0) is 25.7 Å². The molecule has 1 saturated heterocycles. The van der Waals surface area contributed by atoms with E-state index in [4.69, 9.17) is 5.11 Å². The lowest BCUT2D eigenvalue weighted by Gasteiger charge is -2.37. The average molecular weight is 309 g/mol. The Hall–Kier alpha value is -1.35. The Labute approximate surface area is 117 Å². The van der Waals surface area contributed by atoms with E-state index < -0.39 is 27.6 Å². The van der Waals surface area contributed by atoms with Crippen LogP contribution in [0.25, 0.3) is 0 Å². The molecule has 2 N–H and O–H groups in total. The van der Waals surface area contributed by atoms with Crippen molar-refractivity contribution in [3.8, 4) is 0 Å². The SMILES string of the molecule is CS(=O)(=O)OCCCC1(C(=O)O)CCN(C(=O)O)CC1. The maximum Gasteiger partial charge on any atom is 0.407 e. The van der Waals surface area contributed by atoms with Crippen LogP contribution in [0.2, 0.25) is 0 Å². The number of nitrogens with zero attached hydrogens (tertiary/aromatic N) is 1. The number of carboxylic acids is 1. The monoisotopic (exact) mass is 309 g/mol. The van der Waals surface area contributed by atoms with E-state index in [9.17, 15) is 23.1 Å². The molecule has 1 aliphatic rings. The lowest BCUT2D eigenvalue weighted by atomic mass is 9.75. The number of carbonyl (C=O) groups is 2. The number of piperidine rings is 1. The molecule has 1 aliphatic heterocycles. The standard InChI is InChI=1S/C11H19NO7S/c1-20(17,18)19-8-2-3-11(9(13)14)4-6-12(7-5-11)10(15)16/h2-8H2,1H3,(H,13,14)(H,15,16). The molecule has 0 saturated carbocycles. The smallest absolute Gasteiger partial charge is 0.407 e. The van der Waals surface area contributed by atoms with Gasteiger partial charge in [-0.1, -0.05) is 0 Å². The van der Waals surface area contributed by atoms with Crippen LogP contribution in [0.1, 0.15) is 25.7 Å². The molecular formula is C11H19NO7S. The Morgan fingerprint density at radius 1 is 1.25 bits per heavy atom. The highest BCUT2D eigenvalue weighted by molar-refractivity contribution is 7.85. The maximum atomic E-state index is 11.4. The molecule has 0 unspecified atom stereocenters. The Morgan fingerprint density at radius 2 is 1.80 bits per heavy atom. The predicted molar refractivity (Wildman–Crippen MR) is 68.9 cm³/mol. The number of hydrogen-bond acceptors (Lipinski definition) is 5. The van der Waals surface area contributed by atoms with Crippen molar-refractivity contribution in [3.63, 3.8) is 0 Å². The quantitative estimate of drug-likeness (QED) is 0.544. The van der Waals surface area contributed by atoms with Gasteiger partial charge in [0.1, 0.15) is 0 Å². The van der Waals surface area contributed by atoms with Gasteiger partial charge in [-0.2, -0.15) is 8.42 Å². The summed E-state index contributed by atoms with van der Waals surface area (Å²) in [6.45, 7) is 0.291. The summed E-state index contributed by atoms with van der Waals surface area (Å²) >= 11 is 0. The first-order chi connectivity index (χ1) is 9.16. The van der Waals surface area contributed by atoms with Crippen LogP contribution in [0.5, 0.6) is 0 Å². The molecule has 0 spiro atoms. The molecular weight excluding hydrogens is 290 g/mol. The van der Waals surface area contributed by atoms with Gasteiger partial charge in [0, 0.05) is 13.1 Å². The maximum absolute atomic E-state index is 11.4. The topological polar surface area (TPSA) is 121 Å². The second-order valence-corrected chi connectivity index (χ2v) is 6.63. The first kappa shape index (κ1) is 16.7. The third-order valence-corrected chi connectivity index (χ3v) is 4.14. The fourth-order valence-corrected chi connectivity index (χ4v) is 2.74. The van der Waals surface area contributed by atoms with E-state index in [1.807, 2.05) is 0 Å². The van der Waals surface area contributed by atoms with E-state index in [1.165, 1.54) is 4.90 Å². The molecule has 1 heterocycles.